The molecule has 5 nitrogen and oxygen atoms in total. The monoisotopic (exact) mass is 380 g/mol. The quantitative estimate of drug-likeness (QED) is 0.529. The summed E-state index contributed by atoms with van der Waals surface area (Å²) in [4.78, 5) is 4.56. The zero-order chi connectivity index (χ0) is 19.2. The normalized spacial score (nSPS) is 11.3. The summed E-state index contributed by atoms with van der Waals surface area (Å²) >= 11 is 1.49. The Morgan fingerprint density at radius 2 is 1.89 bits per heavy atom. The number of methoxy groups -OCH3 is 2. The van der Waals surface area contributed by atoms with E-state index in [1.54, 1.807) is 20.3 Å². The van der Waals surface area contributed by atoms with Crippen LogP contribution in [0.15, 0.2) is 36.4 Å². The predicted octanol–water partition coefficient (Wildman–Crippen LogP) is 5.17. The molecule has 0 N–H and O–H groups in total. The number of ether oxygens (including phenoxy) is 3. The van der Waals surface area contributed by atoms with Crippen LogP contribution in [0.1, 0.15) is 23.9 Å². The van der Waals surface area contributed by atoms with E-state index in [0.717, 1.165) is 22.2 Å². The predicted molar refractivity (Wildman–Crippen MR) is 108 cm³/mol. The highest BCUT2D eigenvalue weighted by atomic mass is 32.1. The minimum absolute atomic E-state index is 0.488. The van der Waals surface area contributed by atoms with Crippen LogP contribution in [0.3, 0.4) is 0 Å². The highest BCUT2D eigenvalue weighted by molar-refractivity contribution is 7.19. The minimum atomic E-state index is 0.488. The van der Waals surface area contributed by atoms with Crippen molar-refractivity contribution in [1.29, 1.82) is 5.26 Å². The molecule has 0 atom stereocenters. The van der Waals surface area contributed by atoms with Crippen LogP contribution < -0.4 is 14.2 Å². The van der Waals surface area contributed by atoms with Crippen molar-refractivity contribution in [3.63, 3.8) is 0 Å². The first kappa shape index (κ1) is 18.7. The smallest absolute Gasteiger partial charge is 0.203 e. The van der Waals surface area contributed by atoms with E-state index >= 15 is 0 Å². The number of allylic oxidation sites excluding steroid dienone is 1. The second-order valence-corrected chi connectivity index (χ2v) is 6.79. The Hall–Kier alpha value is -3.04. The van der Waals surface area contributed by atoms with Gasteiger partial charge in [0.05, 0.1) is 36.6 Å². The van der Waals surface area contributed by atoms with Gasteiger partial charge in [-0.3, -0.25) is 0 Å². The van der Waals surface area contributed by atoms with Gasteiger partial charge in [-0.05, 0) is 42.3 Å². The number of fused-ring (bicyclic) bond motifs is 1. The second kappa shape index (κ2) is 8.56. The van der Waals surface area contributed by atoms with Crippen LogP contribution >= 0.6 is 11.3 Å². The van der Waals surface area contributed by atoms with Gasteiger partial charge >= 0.3 is 0 Å². The standard InChI is InChI=1S/C21H20N2O3S/c1-4-9-26-20-17(24-2)11-14(12-18(20)25-3)10-15(13-22)21-23-16-7-5-6-8-19(16)27-21/h5-8,10-12H,4,9H2,1-3H3/b15-10-. The topological polar surface area (TPSA) is 64.4 Å². The number of nitriles is 1. The zero-order valence-corrected chi connectivity index (χ0v) is 16.3. The summed E-state index contributed by atoms with van der Waals surface area (Å²) in [5, 5.41) is 10.3. The van der Waals surface area contributed by atoms with Gasteiger partial charge in [0, 0.05) is 0 Å². The van der Waals surface area contributed by atoms with Crippen LogP contribution in [-0.4, -0.2) is 25.8 Å². The molecule has 0 saturated carbocycles. The lowest BCUT2D eigenvalue weighted by Gasteiger charge is -2.15. The van der Waals surface area contributed by atoms with E-state index in [-0.39, 0.29) is 0 Å². The van der Waals surface area contributed by atoms with Crippen molar-refractivity contribution in [2.24, 2.45) is 0 Å². The average Bonchev–Trinajstić information content (AvgIpc) is 3.14. The summed E-state index contributed by atoms with van der Waals surface area (Å²) in [6, 6.07) is 13.7. The Balaban J connectivity index is 2.04. The molecule has 1 heterocycles. The van der Waals surface area contributed by atoms with Crippen LogP contribution in [0.2, 0.25) is 0 Å². The number of benzene rings is 2. The number of rotatable bonds is 7. The van der Waals surface area contributed by atoms with E-state index in [9.17, 15) is 5.26 Å². The summed E-state index contributed by atoms with van der Waals surface area (Å²) in [5.41, 5.74) is 2.16. The van der Waals surface area contributed by atoms with Gasteiger partial charge in [0.2, 0.25) is 5.75 Å². The summed E-state index contributed by atoms with van der Waals surface area (Å²) in [5.74, 6) is 1.70. The van der Waals surface area contributed by atoms with E-state index in [4.69, 9.17) is 14.2 Å². The van der Waals surface area contributed by atoms with Crippen molar-refractivity contribution in [3.8, 4) is 23.3 Å². The first-order chi connectivity index (χ1) is 13.2. The van der Waals surface area contributed by atoms with E-state index in [1.807, 2.05) is 43.3 Å². The van der Waals surface area contributed by atoms with Gasteiger partial charge in [0.1, 0.15) is 11.1 Å². The fourth-order valence-corrected chi connectivity index (χ4v) is 3.56. The Labute approximate surface area is 162 Å². The van der Waals surface area contributed by atoms with Crippen LogP contribution in [-0.2, 0) is 0 Å². The number of hydrogen-bond acceptors (Lipinski definition) is 6. The number of thiazole rings is 1. The SMILES string of the molecule is CCCOc1c(OC)cc(/C=C(/C#N)c2nc3ccccc3s2)cc1OC. The van der Waals surface area contributed by atoms with Gasteiger partial charge in [-0.15, -0.1) is 11.3 Å². The molecule has 1 aromatic heterocycles. The average molecular weight is 380 g/mol. The van der Waals surface area contributed by atoms with Gasteiger partial charge in [0.15, 0.2) is 11.5 Å². The second-order valence-electron chi connectivity index (χ2n) is 5.76. The third-order valence-corrected chi connectivity index (χ3v) is 4.96. The fourth-order valence-electron chi connectivity index (χ4n) is 2.63. The Bertz CT molecular complexity index is 960. The molecule has 0 amide bonds. The van der Waals surface area contributed by atoms with Crippen LogP contribution in [0.5, 0.6) is 17.2 Å². The molecule has 0 aliphatic heterocycles. The Kier molecular flexibility index (Phi) is 5.94. The van der Waals surface area contributed by atoms with Crippen molar-refractivity contribution in [2.75, 3.05) is 20.8 Å². The van der Waals surface area contributed by atoms with E-state index in [0.29, 0.717) is 34.4 Å². The fraction of sp³-hybridized carbons (Fsp3) is 0.238. The van der Waals surface area contributed by atoms with E-state index in [2.05, 4.69) is 11.1 Å². The first-order valence-corrected chi connectivity index (χ1v) is 9.38. The first-order valence-electron chi connectivity index (χ1n) is 8.56. The third-order valence-electron chi connectivity index (χ3n) is 3.89. The van der Waals surface area contributed by atoms with Crippen molar-refractivity contribution in [3.05, 3.63) is 47.0 Å². The lowest BCUT2D eigenvalue weighted by Crippen LogP contribution is -2.01. The summed E-state index contributed by atoms with van der Waals surface area (Å²) in [7, 11) is 3.17. The van der Waals surface area contributed by atoms with Crippen molar-refractivity contribution in [2.45, 2.75) is 13.3 Å². The van der Waals surface area contributed by atoms with Crippen molar-refractivity contribution in [1.82, 2.24) is 4.98 Å². The van der Waals surface area contributed by atoms with Gasteiger partial charge in [0.25, 0.3) is 0 Å². The summed E-state index contributed by atoms with van der Waals surface area (Å²) in [6.45, 7) is 2.60. The molecule has 0 aliphatic rings. The number of hydrogen-bond donors (Lipinski definition) is 0. The molecule has 27 heavy (non-hydrogen) atoms. The van der Waals surface area contributed by atoms with Crippen molar-refractivity contribution < 1.29 is 14.2 Å². The molecule has 2 aromatic carbocycles. The molecule has 0 bridgehead atoms. The lowest BCUT2D eigenvalue weighted by atomic mass is 10.1. The highest BCUT2D eigenvalue weighted by Gasteiger charge is 2.15. The molecule has 0 radical (unpaired) electrons. The maximum Gasteiger partial charge on any atom is 0.203 e. The Morgan fingerprint density at radius 3 is 2.48 bits per heavy atom. The number of aromatic nitrogens is 1. The third kappa shape index (κ3) is 4.04. The van der Waals surface area contributed by atoms with E-state index in [1.165, 1.54) is 11.3 Å². The molecule has 3 aromatic rings. The lowest BCUT2D eigenvalue weighted by molar-refractivity contribution is 0.275. The number of para-hydroxylation sites is 1. The van der Waals surface area contributed by atoms with Crippen molar-refractivity contribution >= 4 is 33.2 Å². The molecule has 0 spiro atoms. The van der Waals surface area contributed by atoms with Gasteiger partial charge in [-0.2, -0.15) is 5.26 Å². The van der Waals surface area contributed by atoms with Gasteiger partial charge in [-0.1, -0.05) is 19.1 Å². The highest BCUT2D eigenvalue weighted by Crippen LogP contribution is 2.39. The molecule has 3 rings (SSSR count). The maximum absolute atomic E-state index is 9.65. The molecule has 0 unspecified atom stereocenters. The molecule has 0 fully saturated rings. The van der Waals surface area contributed by atoms with Crippen LogP contribution in [0.4, 0.5) is 0 Å². The maximum atomic E-state index is 9.65. The molecular weight excluding hydrogens is 360 g/mol. The van der Waals surface area contributed by atoms with Crippen LogP contribution in [0, 0.1) is 11.3 Å². The summed E-state index contributed by atoms with van der Waals surface area (Å²) in [6.07, 6.45) is 2.66. The minimum Gasteiger partial charge on any atom is -0.493 e. The molecule has 6 heteroatoms. The zero-order valence-electron chi connectivity index (χ0n) is 15.5. The molecule has 0 aliphatic carbocycles. The van der Waals surface area contributed by atoms with Crippen LogP contribution in [0.25, 0.3) is 21.9 Å². The van der Waals surface area contributed by atoms with E-state index < -0.39 is 0 Å². The van der Waals surface area contributed by atoms with Gasteiger partial charge < -0.3 is 14.2 Å². The summed E-state index contributed by atoms with van der Waals surface area (Å²) < 4.78 is 17.7. The largest absolute Gasteiger partial charge is 0.493 e. The molecular formula is C21H20N2O3S. The molecule has 138 valence electrons. The number of nitrogens with zero attached hydrogens (tertiary/aromatic N) is 2. The Morgan fingerprint density at radius 1 is 1.19 bits per heavy atom. The van der Waals surface area contributed by atoms with Gasteiger partial charge in [-0.25, -0.2) is 4.98 Å². The molecule has 0 saturated heterocycles.